The van der Waals surface area contributed by atoms with Crippen LogP contribution < -0.4 is 4.72 Å². The number of ketones is 1. The Bertz CT molecular complexity index is 1360. The summed E-state index contributed by atoms with van der Waals surface area (Å²) in [6, 6.07) is 25.0. The van der Waals surface area contributed by atoms with E-state index in [1.165, 1.54) is 0 Å². The predicted octanol–water partition coefficient (Wildman–Crippen LogP) is 5.97. The quantitative estimate of drug-likeness (QED) is 0.319. The summed E-state index contributed by atoms with van der Waals surface area (Å²) in [6.07, 6.45) is 1.41. The molecule has 0 saturated carbocycles. The number of benzene rings is 3. The summed E-state index contributed by atoms with van der Waals surface area (Å²) in [5, 5.41) is 0. The third-order valence-corrected chi connectivity index (χ3v) is 6.84. The van der Waals surface area contributed by atoms with Gasteiger partial charge in [-0.3, -0.25) is 9.52 Å². The van der Waals surface area contributed by atoms with Gasteiger partial charge in [0.1, 0.15) is 0 Å². The first-order valence-electron chi connectivity index (χ1n) is 10.9. The van der Waals surface area contributed by atoms with Crippen LogP contribution in [-0.4, -0.2) is 19.2 Å². The summed E-state index contributed by atoms with van der Waals surface area (Å²) in [7, 11) is -3.92. The van der Waals surface area contributed by atoms with Crippen molar-refractivity contribution in [3.05, 3.63) is 107 Å². The highest BCUT2D eigenvalue weighted by Crippen LogP contribution is 2.36. The van der Waals surface area contributed by atoms with Gasteiger partial charge in [0.05, 0.1) is 21.8 Å². The fourth-order valence-electron chi connectivity index (χ4n) is 3.81. The molecule has 0 aliphatic carbocycles. The van der Waals surface area contributed by atoms with Gasteiger partial charge in [-0.25, -0.2) is 8.42 Å². The Morgan fingerprint density at radius 3 is 2.09 bits per heavy atom. The Balaban J connectivity index is 1.92. The molecule has 0 amide bonds. The number of aromatic nitrogens is 1. The molecule has 6 heteroatoms. The third-order valence-electron chi connectivity index (χ3n) is 5.47. The van der Waals surface area contributed by atoms with Crippen LogP contribution in [0.3, 0.4) is 0 Å². The number of anilines is 1. The van der Waals surface area contributed by atoms with Gasteiger partial charge < -0.3 is 4.98 Å². The lowest BCUT2D eigenvalue weighted by atomic mass is 9.99. The number of hydrogen-bond acceptors (Lipinski definition) is 3. The molecule has 0 aliphatic heterocycles. The molecule has 2 N–H and O–H groups in total. The Morgan fingerprint density at radius 1 is 0.879 bits per heavy atom. The summed E-state index contributed by atoms with van der Waals surface area (Å²) in [6.45, 7) is 3.92. The molecular formula is C27H26N2O3S. The molecule has 33 heavy (non-hydrogen) atoms. The van der Waals surface area contributed by atoms with E-state index in [0.29, 0.717) is 28.9 Å². The lowest BCUT2D eigenvalue weighted by Crippen LogP contribution is -2.16. The van der Waals surface area contributed by atoms with Crippen molar-refractivity contribution < 1.29 is 13.2 Å². The first kappa shape index (κ1) is 22.6. The highest BCUT2D eigenvalue weighted by molar-refractivity contribution is 7.92. The second kappa shape index (κ2) is 9.46. The molecule has 0 aliphatic rings. The van der Waals surface area contributed by atoms with E-state index in [0.717, 1.165) is 17.5 Å². The molecular weight excluding hydrogens is 432 g/mol. The van der Waals surface area contributed by atoms with E-state index in [1.54, 1.807) is 48.5 Å². The van der Waals surface area contributed by atoms with E-state index >= 15 is 0 Å². The van der Waals surface area contributed by atoms with Crippen molar-refractivity contribution in [2.45, 2.75) is 31.6 Å². The molecule has 5 nitrogen and oxygen atoms in total. The van der Waals surface area contributed by atoms with E-state index in [4.69, 9.17) is 0 Å². The number of hydrogen-bond donors (Lipinski definition) is 2. The second-order valence-corrected chi connectivity index (χ2v) is 9.64. The number of nitrogens with one attached hydrogen (secondary N) is 2. The van der Waals surface area contributed by atoms with E-state index in [9.17, 15) is 13.2 Å². The average molecular weight is 459 g/mol. The van der Waals surface area contributed by atoms with E-state index in [2.05, 4.69) is 9.71 Å². The Morgan fingerprint density at radius 2 is 1.48 bits per heavy atom. The number of aryl methyl sites for hydroxylation is 2. The maximum absolute atomic E-state index is 13.6. The summed E-state index contributed by atoms with van der Waals surface area (Å²) >= 11 is 0. The minimum atomic E-state index is -3.92. The topological polar surface area (TPSA) is 79.0 Å². The van der Waals surface area contributed by atoms with Crippen LogP contribution in [0.5, 0.6) is 0 Å². The predicted molar refractivity (Wildman–Crippen MR) is 132 cm³/mol. The van der Waals surface area contributed by atoms with Crippen molar-refractivity contribution in [2.24, 2.45) is 0 Å². The number of carbonyl (C=O) groups excluding carboxylic acids is 1. The maximum Gasteiger partial charge on any atom is 0.261 e. The van der Waals surface area contributed by atoms with Gasteiger partial charge in [0.25, 0.3) is 10.0 Å². The molecule has 3 aromatic carbocycles. The standard InChI is InChI=1S/C27H26N2O3S/c1-3-10-23-24(27(30)21-13-8-5-9-14-21)26(25(28-23)20-11-6-4-7-12-20)29-33(31,32)22-17-15-19(2)16-18-22/h4-9,11-18,28-29H,3,10H2,1-2H3. The van der Waals surface area contributed by atoms with Crippen molar-refractivity contribution in [2.75, 3.05) is 4.72 Å². The van der Waals surface area contributed by atoms with Crippen LogP contribution in [0.1, 0.15) is 40.5 Å². The van der Waals surface area contributed by atoms with Gasteiger partial charge in [0, 0.05) is 16.8 Å². The van der Waals surface area contributed by atoms with Crippen LogP contribution in [0.25, 0.3) is 11.3 Å². The van der Waals surface area contributed by atoms with E-state index < -0.39 is 10.0 Å². The van der Waals surface area contributed by atoms with Gasteiger partial charge in [-0.1, -0.05) is 91.7 Å². The molecule has 0 fully saturated rings. The first-order valence-corrected chi connectivity index (χ1v) is 12.4. The normalized spacial score (nSPS) is 11.3. The summed E-state index contributed by atoms with van der Waals surface area (Å²) < 4.78 is 29.4. The van der Waals surface area contributed by atoms with Crippen molar-refractivity contribution in [3.8, 4) is 11.3 Å². The zero-order valence-corrected chi connectivity index (χ0v) is 19.4. The fraction of sp³-hybridized carbons (Fsp3) is 0.148. The number of aromatic amines is 1. The number of rotatable bonds is 8. The third kappa shape index (κ3) is 4.76. The van der Waals surface area contributed by atoms with Gasteiger partial charge in [0.2, 0.25) is 0 Å². The number of carbonyl (C=O) groups is 1. The lowest BCUT2D eigenvalue weighted by Gasteiger charge is -2.12. The second-order valence-electron chi connectivity index (χ2n) is 7.96. The summed E-state index contributed by atoms with van der Waals surface area (Å²) in [5.74, 6) is -0.223. The lowest BCUT2D eigenvalue weighted by molar-refractivity contribution is 0.103. The van der Waals surface area contributed by atoms with E-state index in [1.807, 2.05) is 50.2 Å². The number of sulfonamides is 1. The van der Waals surface area contributed by atoms with Crippen LogP contribution in [0.4, 0.5) is 5.69 Å². The monoisotopic (exact) mass is 458 g/mol. The van der Waals surface area contributed by atoms with Crippen molar-refractivity contribution in [3.63, 3.8) is 0 Å². The minimum Gasteiger partial charge on any atom is -0.356 e. The van der Waals surface area contributed by atoms with Gasteiger partial charge >= 0.3 is 0 Å². The summed E-state index contributed by atoms with van der Waals surface area (Å²) in [4.78, 5) is 17.1. The van der Waals surface area contributed by atoms with Crippen LogP contribution in [-0.2, 0) is 16.4 Å². The molecule has 168 valence electrons. The molecule has 0 unspecified atom stereocenters. The van der Waals surface area contributed by atoms with Crippen LogP contribution in [0.15, 0.2) is 89.8 Å². The number of H-pyrrole nitrogens is 1. The molecule has 0 saturated heterocycles. The first-order chi connectivity index (χ1) is 15.9. The summed E-state index contributed by atoms with van der Waals surface area (Å²) in [5.41, 5.74) is 4.19. The van der Waals surface area contributed by atoms with E-state index in [-0.39, 0.29) is 16.4 Å². The molecule has 0 radical (unpaired) electrons. The zero-order chi connectivity index (χ0) is 23.4. The van der Waals surface area contributed by atoms with Crippen LogP contribution in [0, 0.1) is 6.92 Å². The van der Waals surface area contributed by atoms with Crippen molar-refractivity contribution in [1.29, 1.82) is 0 Å². The minimum absolute atomic E-state index is 0.142. The highest BCUT2D eigenvalue weighted by Gasteiger charge is 2.28. The SMILES string of the molecule is CCCc1[nH]c(-c2ccccc2)c(NS(=O)(=O)c2ccc(C)cc2)c1C(=O)c1ccccc1. The smallest absolute Gasteiger partial charge is 0.261 e. The van der Waals surface area contributed by atoms with Crippen LogP contribution in [0.2, 0.25) is 0 Å². The van der Waals surface area contributed by atoms with Crippen molar-refractivity contribution in [1.82, 2.24) is 4.98 Å². The molecule has 0 bridgehead atoms. The molecule has 4 aromatic rings. The molecule has 1 aromatic heterocycles. The Hall–Kier alpha value is -3.64. The maximum atomic E-state index is 13.6. The molecule has 0 atom stereocenters. The molecule has 4 rings (SSSR count). The van der Waals surface area contributed by atoms with Gasteiger partial charge in [-0.2, -0.15) is 0 Å². The van der Waals surface area contributed by atoms with Gasteiger partial charge in [-0.15, -0.1) is 0 Å². The zero-order valence-electron chi connectivity index (χ0n) is 18.6. The highest BCUT2D eigenvalue weighted by atomic mass is 32.2. The Kier molecular flexibility index (Phi) is 6.47. The molecule has 1 heterocycles. The van der Waals surface area contributed by atoms with Crippen LogP contribution >= 0.6 is 0 Å². The largest absolute Gasteiger partial charge is 0.356 e. The Labute approximate surface area is 194 Å². The molecule has 0 spiro atoms. The average Bonchev–Trinajstić information content (AvgIpc) is 3.17. The van der Waals surface area contributed by atoms with Crippen molar-refractivity contribution >= 4 is 21.5 Å². The van der Waals surface area contributed by atoms with Gasteiger partial charge in [0.15, 0.2) is 5.78 Å². The van der Waals surface area contributed by atoms with Gasteiger partial charge in [-0.05, 0) is 25.5 Å². The fourth-order valence-corrected chi connectivity index (χ4v) is 4.89.